The van der Waals surface area contributed by atoms with E-state index in [1.54, 1.807) is 6.07 Å². The quantitative estimate of drug-likeness (QED) is 0.889. The van der Waals surface area contributed by atoms with E-state index in [0.29, 0.717) is 6.07 Å². The Balaban J connectivity index is 1.78. The van der Waals surface area contributed by atoms with Crippen LogP contribution >= 0.6 is 0 Å². The van der Waals surface area contributed by atoms with Crippen molar-refractivity contribution in [3.05, 3.63) is 54.0 Å². The van der Waals surface area contributed by atoms with Gasteiger partial charge in [-0.3, -0.25) is 9.59 Å². The zero-order valence-electron chi connectivity index (χ0n) is 10.9. The molecule has 110 valence electrons. The molecule has 21 heavy (non-hydrogen) atoms. The van der Waals surface area contributed by atoms with Crippen LogP contribution in [-0.2, 0) is 4.79 Å². The smallest absolute Gasteiger partial charge is 0.286 e. The van der Waals surface area contributed by atoms with Gasteiger partial charge in [0.15, 0.2) is 5.76 Å². The molecule has 0 aliphatic carbocycles. The van der Waals surface area contributed by atoms with Gasteiger partial charge in [0.25, 0.3) is 5.91 Å². The largest absolute Gasteiger partial charge is 0.459 e. The zero-order chi connectivity index (χ0) is 15.2. The highest BCUT2D eigenvalue weighted by Crippen LogP contribution is 2.14. The summed E-state index contributed by atoms with van der Waals surface area (Å²) in [6, 6.07) is 5.90. The normalized spacial score (nSPS) is 10.2. The van der Waals surface area contributed by atoms with E-state index in [1.165, 1.54) is 12.3 Å². The van der Waals surface area contributed by atoms with Gasteiger partial charge in [0.05, 0.1) is 12.0 Å². The first-order valence-electron chi connectivity index (χ1n) is 6.13. The average Bonchev–Trinajstić information content (AvgIpc) is 2.96. The molecule has 0 saturated carbocycles. The fraction of sp³-hybridized carbons (Fsp3) is 0.143. The Morgan fingerprint density at radius 3 is 2.67 bits per heavy atom. The number of halogens is 2. The predicted molar refractivity (Wildman–Crippen MR) is 70.6 cm³/mol. The maximum atomic E-state index is 13.3. The number of furan rings is 1. The van der Waals surface area contributed by atoms with E-state index in [1.807, 2.05) is 0 Å². The Labute approximate surface area is 118 Å². The third-order valence-corrected chi connectivity index (χ3v) is 2.59. The Morgan fingerprint density at radius 2 is 2.00 bits per heavy atom. The van der Waals surface area contributed by atoms with E-state index in [-0.39, 0.29) is 24.4 Å². The number of nitrogens with one attached hydrogen (secondary N) is 2. The van der Waals surface area contributed by atoms with E-state index >= 15 is 0 Å². The molecule has 0 bridgehead atoms. The highest BCUT2D eigenvalue weighted by atomic mass is 19.1. The molecule has 1 heterocycles. The number of carbonyl (C=O) groups excluding carboxylic acids is 2. The van der Waals surface area contributed by atoms with E-state index in [9.17, 15) is 18.4 Å². The molecule has 0 radical (unpaired) electrons. The van der Waals surface area contributed by atoms with Gasteiger partial charge in [-0.15, -0.1) is 0 Å². The van der Waals surface area contributed by atoms with Gasteiger partial charge in [0, 0.05) is 19.0 Å². The van der Waals surface area contributed by atoms with Crippen LogP contribution in [0.4, 0.5) is 14.5 Å². The predicted octanol–water partition coefficient (Wildman–Crippen LogP) is 2.32. The van der Waals surface area contributed by atoms with E-state index in [4.69, 9.17) is 4.42 Å². The van der Waals surface area contributed by atoms with E-state index in [2.05, 4.69) is 10.6 Å². The summed E-state index contributed by atoms with van der Waals surface area (Å²) in [6.45, 7) is 0.0637. The molecule has 0 aliphatic rings. The molecular formula is C14H12F2N2O3. The van der Waals surface area contributed by atoms with Crippen LogP contribution in [0.1, 0.15) is 17.0 Å². The molecule has 2 N–H and O–H groups in total. The highest BCUT2D eigenvalue weighted by molar-refractivity contribution is 5.93. The summed E-state index contributed by atoms with van der Waals surface area (Å²) in [5.74, 6) is -2.39. The van der Waals surface area contributed by atoms with Crippen molar-refractivity contribution in [2.75, 3.05) is 11.9 Å². The van der Waals surface area contributed by atoms with Gasteiger partial charge in [0.2, 0.25) is 5.91 Å². The molecule has 0 unspecified atom stereocenters. The highest BCUT2D eigenvalue weighted by Gasteiger charge is 2.10. The van der Waals surface area contributed by atoms with Gasteiger partial charge >= 0.3 is 0 Å². The molecule has 0 spiro atoms. The number of carbonyl (C=O) groups is 2. The van der Waals surface area contributed by atoms with Crippen LogP contribution in [0.2, 0.25) is 0 Å². The van der Waals surface area contributed by atoms with Crippen LogP contribution < -0.4 is 10.6 Å². The minimum Gasteiger partial charge on any atom is -0.459 e. The van der Waals surface area contributed by atoms with Crippen molar-refractivity contribution in [1.82, 2.24) is 5.32 Å². The summed E-state index contributed by atoms with van der Waals surface area (Å²) in [6.07, 6.45) is 1.31. The third kappa shape index (κ3) is 4.13. The van der Waals surface area contributed by atoms with E-state index < -0.39 is 23.4 Å². The summed E-state index contributed by atoms with van der Waals surface area (Å²) >= 11 is 0. The van der Waals surface area contributed by atoms with Crippen LogP contribution in [0.3, 0.4) is 0 Å². The molecule has 0 fully saturated rings. The van der Waals surface area contributed by atoms with Gasteiger partial charge in [-0.1, -0.05) is 0 Å². The van der Waals surface area contributed by atoms with Crippen molar-refractivity contribution in [3.8, 4) is 0 Å². The first-order chi connectivity index (χ1) is 10.1. The molecule has 0 aliphatic heterocycles. The second-order valence-corrected chi connectivity index (χ2v) is 4.16. The Kier molecular flexibility index (Phi) is 4.65. The fourth-order valence-electron chi connectivity index (χ4n) is 1.59. The lowest BCUT2D eigenvalue weighted by molar-refractivity contribution is -0.116. The topological polar surface area (TPSA) is 71.3 Å². The third-order valence-electron chi connectivity index (χ3n) is 2.59. The lowest BCUT2D eigenvalue weighted by atomic mass is 10.3. The summed E-state index contributed by atoms with van der Waals surface area (Å²) in [7, 11) is 0. The minimum atomic E-state index is -0.858. The van der Waals surface area contributed by atoms with Crippen molar-refractivity contribution in [2.24, 2.45) is 0 Å². The number of amides is 2. The van der Waals surface area contributed by atoms with Crippen molar-refractivity contribution < 1.29 is 22.8 Å². The summed E-state index contributed by atoms with van der Waals surface area (Å²) in [5.41, 5.74) is -0.112. The summed E-state index contributed by atoms with van der Waals surface area (Å²) in [5, 5.41) is 4.77. The molecular weight excluding hydrogens is 282 g/mol. The number of hydrogen-bond donors (Lipinski definition) is 2. The molecule has 0 atom stereocenters. The first kappa shape index (κ1) is 14.7. The lowest BCUT2D eigenvalue weighted by Crippen LogP contribution is -2.27. The molecule has 1 aromatic carbocycles. The van der Waals surface area contributed by atoms with Crippen molar-refractivity contribution in [2.45, 2.75) is 6.42 Å². The van der Waals surface area contributed by atoms with Crippen molar-refractivity contribution in [1.29, 1.82) is 0 Å². The Hall–Kier alpha value is -2.70. The monoisotopic (exact) mass is 294 g/mol. The van der Waals surface area contributed by atoms with Gasteiger partial charge < -0.3 is 15.1 Å². The van der Waals surface area contributed by atoms with Crippen molar-refractivity contribution in [3.63, 3.8) is 0 Å². The molecule has 7 heteroatoms. The van der Waals surface area contributed by atoms with Gasteiger partial charge in [-0.25, -0.2) is 8.78 Å². The second-order valence-electron chi connectivity index (χ2n) is 4.16. The molecule has 0 saturated heterocycles. The SMILES string of the molecule is O=C(CCNC(=O)c1ccco1)Nc1ccc(F)cc1F. The fourth-order valence-corrected chi connectivity index (χ4v) is 1.59. The Bertz CT molecular complexity index is 642. The minimum absolute atomic E-state index is 0.0523. The maximum Gasteiger partial charge on any atom is 0.286 e. The summed E-state index contributed by atoms with van der Waals surface area (Å²) < 4.78 is 30.9. The van der Waals surface area contributed by atoms with Crippen LogP contribution in [-0.4, -0.2) is 18.4 Å². The van der Waals surface area contributed by atoms with Gasteiger partial charge in [0.1, 0.15) is 11.6 Å². The van der Waals surface area contributed by atoms with Crippen LogP contribution in [0.5, 0.6) is 0 Å². The Morgan fingerprint density at radius 1 is 1.19 bits per heavy atom. The second kappa shape index (κ2) is 6.65. The van der Waals surface area contributed by atoms with Crippen LogP contribution in [0.25, 0.3) is 0 Å². The molecule has 1 aromatic heterocycles. The first-order valence-corrected chi connectivity index (χ1v) is 6.13. The molecule has 5 nitrogen and oxygen atoms in total. The maximum absolute atomic E-state index is 13.3. The van der Waals surface area contributed by atoms with Crippen LogP contribution in [0, 0.1) is 11.6 Å². The molecule has 2 rings (SSSR count). The standard InChI is InChI=1S/C14H12F2N2O3/c15-9-3-4-11(10(16)8-9)18-13(19)5-6-17-14(20)12-2-1-7-21-12/h1-4,7-8H,5-6H2,(H,17,20)(H,18,19). The summed E-state index contributed by atoms with van der Waals surface area (Å²) in [4.78, 5) is 23.1. The number of benzene rings is 1. The zero-order valence-corrected chi connectivity index (χ0v) is 10.9. The van der Waals surface area contributed by atoms with Crippen LogP contribution in [0.15, 0.2) is 41.0 Å². The van der Waals surface area contributed by atoms with Gasteiger partial charge in [-0.05, 0) is 24.3 Å². The number of anilines is 1. The van der Waals surface area contributed by atoms with Crippen molar-refractivity contribution >= 4 is 17.5 Å². The lowest BCUT2D eigenvalue weighted by Gasteiger charge is -2.07. The number of hydrogen-bond acceptors (Lipinski definition) is 3. The van der Waals surface area contributed by atoms with E-state index in [0.717, 1.165) is 12.1 Å². The van der Waals surface area contributed by atoms with Gasteiger partial charge in [-0.2, -0.15) is 0 Å². The number of rotatable bonds is 5. The average molecular weight is 294 g/mol. The molecule has 2 amide bonds. The molecule has 2 aromatic rings.